The largest absolute Gasteiger partial charge is 0.504 e. The molecule has 2 aromatic carbocycles. The highest BCUT2D eigenvalue weighted by molar-refractivity contribution is 9.13. The van der Waals surface area contributed by atoms with E-state index in [0.717, 1.165) is 5.56 Å². The molecule has 0 aliphatic heterocycles. The molecule has 5 nitrogen and oxygen atoms in total. The Kier molecular flexibility index (Phi) is 5.43. The van der Waals surface area contributed by atoms with Crippen LogP contribution < -0.4 is 4.74 Å². The maximum atomic E-state index is 10.9. The second-order valence-corrected chi connectivity index (χ2v) is 6.35. The number of benzene rings is 2. The van der Waals surface area contributed by atoms with Gasteiger partial charge in [-0.25, -0.2) is 4.79 Å². The summed E-state index contributed by atoms with van der Waals surface area (Å²) in [6.45, 7) is 1.77. The van der Waals surface area contributed by atoms with Gasteiger partial charge in [0.1, 0.15) is 0 Å². The van der Waals surface area contributed by atoms with E-state index >= 15 is 0 Å². The molecule has 23 heavy (non-hydrogen) atoms. The average molecular weight is 443 g/mol. The highest BCUT2D eigenvalue weighted by Gasteiger charge is 2.14. The van der Waals surface area contributed by atoms with Crippen molar-refractivity contribution in [1.82, 2.24) is 0 Å². The normalized spacial score (nSPS) is 11.0. The number of rotatable bonds is 4. The summed E-state index contributed by atoms with van der Waals surface area (Å²) < 4.78 is 6.46. The number of aromatic hydroxyl groups is 1. The van der Waals surface area contributed by atoms with Gasteiger partial charge in [-0.3, -0.25) is 4.99 Å². The van der Waals surface area contributed by atoms with Crippen LogP contribution in [0.25, 0.3) is 0 Å². The molecule has 0 heterocycles. The number of nitrogens with zero attached hydrogens (tertiary/aromatic N) is 1. The third-order valence-corrected chi connectivity index (χ3v) is 5.20. The average Bonchev–Trinajstić information content (AvgIpc) is 2.51. The van der Waals surface area contributed by atoms with E-state index in [4.69, 9.17) is 9.84 Å². The Hall–Kier alpha value is -1.86. The predicted molar refractivity (Wildman–Crippen MR) is 95.5 cm³/mol. The zero-order valence-corrected chi connectivity index (χ0v) is 15.5. The molecular weight excluding hydrogens is 430 g/mol. The van der Waals surface area contributed by atoms with E-state index in [0.29, 0.717) is 25.9 Å². The molecule has 0 unspecified atom stereocenters. The van der Waals surface area contributed by atoms with Crippen molar-refractivity contribution in [1.29, 1.82) is 0 Å². The number of hydrogen-bond donors (Lipinski definition) is 2. The molecule has 120 valence electrons. The summed E-state index contributed by atoms with van der Waals surface area (Å²) in [6.07, 6.45) is 1.50. The van der Waals surface area contributed by atoms with Crippen molar-refractivity contribution < 1.29 is 19.7 Å². The fraction of sp³-hybridized carbons (Fsp3) is 0.125. The molecule has 0 radical (unpaired) electrons. The summed E-state index contributed by atoms with van der Waals surface area (Å²) in [6, 6.07) is 6.29. The number of methoxy groups -OCH3 is 1. The number of aromatic carboxylic acids is 1. The van der Waals surface area contributed by atoms with Crippen molar-refractivity contribution >= 4 is 49.7 Å². The fourth-order valence-corrected chi connectivity index (χ4v) is 2.78. The van der Waals surface area contributed by atoms with Gasteiger partial charge in [-0.1, -0.05) is 0 Å². The highest BCUT2D eigenvalue weighted by atomic mass is 79.9. The van der Waals surface area contributed by atoms with E-state index in [9.17, 15) is 9.90 Å². The summed E-state index contributed by atoms with van der Waals surface area (Å²) in [5.41, 5.74) is 1.99. The lowest BCUT2D eigenvalue weighted by Crippen LogP contribution is -1.96. The third-order valence-electron chi connectivity index (χ3n) is 3.19. The van der Waals surface area contributed by atoms with Crippen LogP contribution in [-0.4, -0.2) is 29.5 Å². The van der Waals surface area contributed by atoms with Crippen LogP contribution in [0.1, 0.15) is 21.5 Å². The molecule has 0 amide bonds. The molecule has 0 saturated carbocycles. The van der Waals surface area contributed by atoms with Crippen LogP contribution in [0.5, 0.6) is 11.5 Å². The van der Waals surface area contributed by atoms with Gasteiger partial charge in [0, 0.05) is 15.2 Å². The maximum absolute atomic E-state index is 10.9. The van der Waals surface area contributed by atoms with Crippen molar-refractivity contribution in [3.63, 3.8) is 0 Å². The standard InChI is InChI=1S/C16H13Br2NO4/c1-8-5-9(16(21)22)3-4-12(8)19-7-10-14(18)11(17)6-13(23-2)15(10)20/h3-7,20H,1-2H3,(H,21,22). The van der Waals surface area contributed by atoms with Crippen LogP contribution >= 0.6 is 31.9 Å². The smallest absolute Gasteiger partial charge is 0.335 e. The second-order valence-electron chi connectivity index (χ2n) is 4.70. The number of carbonyl (C=O) groups is 1. The van der Waals surface area contributed by atoms with E-state index < -0.39 is 5.97 Å². The summed E-state index contributed by atoms with van der Waals surface area (Å²) >= 11 is 6.76. The molecule has 2 rings (SSSR count). The minimum absolute atomic E-state index is 0.0360. The van der Waals surface area contributed by atoms with Gasteiger partial charge in [0.25, 0.3) is 0 Å². The molecule has 2 N–H and O–H groups in total. The van der Waals surface area contributed by atoms with Crippen molar-refractivity contribution in [3.05, 3.63) is 49.9 Å². The Labute approximate surface area is 149 Å². The van der Waals surface area contributed by atoms with E-state index in [2.05, 4.69) is 36.9 Å². The topological polar surface area (TPSA) is 79.1 Å². The number of aliphatic imine (C=N–C) groups is 1. The van der Waals surface area contributed by atoms with Gasteiger partial charge >= 0.3 is 5.97 Å². The first-order valence-electron chi connectivity index (χ1n) is 6.48. The van der Waals surface area contributed by atoms with Crippen molar-refractivity contribution in [3.8, 4) is 11.5 Å². The van der Waals surface area contributed by atoms with Gasteiger partial charge in [-0.05, 0) is 68.6 Å². The first-order valence-corrected chi connectivity index (χ1v) is 8.06. The number of phenolic OH excluding ortho intramolecular Hbond substituents is 1. The Bertz CT molecular complexity index is 803. The van der Waals surface area contributed by atoms with E-state index in [1.54, 1.807) is 25.1 Å². The minimum atomic E-state index is -0.985. The third kappa shape index (κ3) is 3.73. The Morgan fingerprint density at radius 1 is 1.30 bits per heavy atom. The number of carboxylic acids is 1. The molecule has 0 aliphatic carbocycles. The van der Waals surface area contributed by atoms with Gasteiger partial charge < -0.3 is 14.9 Å². The Morgan fingerprint density at radius 3 is 2.57 bits per heavy atom. The van der Waals surface area contributed by atoms with Gasteiger partial charge in [-0.15, -0.1) is 0 Å². The van der Waals surface area contributed by atoms with Crippen LogP contribution in [0.3, 0.4) is 0 Å². The van der Waals surface area contributed by atoms with Crippen molar-refractivity contribution in [2.24, 2.45) is 4.99 Å². The number of phenols is 1. The first kappa shape index (κ1) is 17.5. The molecule has 0 aliphatic rings. The first-order chi connectivity index (χ1) is 10.8. The molecule has 0 saturated heterocycles. The molecule has 7 heteroatoms. The van der Waals surface area contributed by atoms with Gasteiger partial charge in [0.05, 0.1) is 23.9 Å². The summed E-state index contributed by atoms with van der Waals surface area (Å²) in [5, 5.41) is 19.2. The lowest BCUT2D eigenvalue weighted by atomic mass is 10.1. The monoisotopic (exact) mass is 441 g/mol. The van der Waals surface area contributed by atoms with Crippen LogP contribution in [0, 0.1) is 6.92 Å². The minimum Gasteiger partial charge on any atom is -0.504 e. The number of ether oxygens (including phenoxy) is 1. The number of carboxylic acid groups (broad SMARTS) is 1. The molecule has 0 bridgehead atoms. The van der Waals surface area contributed by atoms with Crippen LogP contribution in [-0.2, 0) is 0 Å². The molecule has 2 aromatic rings. The fourth-order valence-electron chi connectivity index (χ4n) is 1.95. The molecule has 0 spiro atoms. The van der Waals surface area contributed by atoms with E-state index in [1.165, 1.54) is 19.4 Å². The van der Waals surface area contributed by atoms with Crippen LogP contribution in [0.2, 0.25) is 0 Å². The quantitative estimate of drug-likeness (QED) is 0.673. The van der Waals surface area contributed by atoms with Gasteiger partial charge in [0.2, 0.25) is 0 Å². The molecular formula is C16H13Br2NO4. The molecule has 0 atom stereocenters. The summed E-state index contributed by atoms with van der Waals surface area (Å²) in [4.78, 5) is 15.3. The lowest BCUT2D eigenvalue weighted by Gasteiger charge is -2.10. The number of hydrogen-bond acceptors (Lipinski definition) is 4. The van der Waals surface area contributed by atoms with E-state index in [-0.39, 0.29) is 11.3 Å². The Balaban J connectivity index is 2.45. The Morgan fingerprint density at radius 2 is 2.00 bits per heavy atom. The SMILES string of the molecule is COc1cc(Br)c(Br)c(C=Nc2ccc(C(=O)O)cc2C)c1O. The zero-order valence-electron chi connectivity index (χ0n) is 12.3. The number of halogens is 2. The lowest BCUT2D eigenvalue weighted by molar-refractivity contribution is 0.0697. The van der Waals surface area contributed by atoms with Gasteiger partial charge in [0.15, 0.2) is 11.5 Å². The molecule has 0 aromatic heterocycles. The highest BCUT2D eigenvalue weighted by Crippen LogP contribution is 2.39. The predicted octanol–water partition coefficient (Wildman–Crippen LogP) is 4.68. The van der Waals surface area contributed by atoms with Crippen molar-refractivity contribution in [2.75, 3.05) is 7.11 Å². The summed E-state index contributed by atoms with van der Waals surface area (Å²) in [7, 11) is 1.46. The zero-order chi connectivity index (χ0) is 17.1. The van der Waals surface area contributed by atoms with Gasteiger partial charge in [-0.2, -0.15) is 0 Å². The molecule has 0 fully saturated rings. The second kappa shape index (κ2) is 7.14. The van der Waals surface area contributed by atoms with Crippen LogP contribution in [0.15, 0.2) is 38.2 Å². The maximum Gasteiger partial charge on any atom is 0.335 e. The van der Waals surface area contributed by atoms with Crippen molar-refractivity contribution in [2.45, 2.75) is 6.92 Å². The number of aryl methyl sites for hydroxylation is 1. The van der Waals surface area contributed by atoms with E-state index in [1.807, 2.05) is 0 Å². The summed E-state index contributed by atoms with van der Waals surface area (Å²) in [5.74, 6) is -0.702. The van der Waals surface area contributed by atoms with Crippen LogP contribution in [0.4, 0.5) is 5.69 Å².